The molecule has 1 aromatic carbocycles. The van der Waals surface area contributed by atoms with Crippen LogP contribution in [0.4, 0.5) is 5.82 Å². The SMILES string of the molecule is CSS[C@@H](C)OC1C[C@H](n2ccc(NC(=O)c3ccccc3)nc2=O)O[C@@H]1CO. The highest BCUT2D eigenvalue weighted by Gasteiger charge is 2.38. The lowest BCUT2D eigenvalue weighted by atomic mass is 10.2. The van der Waals surface area contributed by atoms with E-state index in [9.17, 15) is 14.7 Å². The van der Waals surface area contributed by atoms with E-state index in [1.165, 1.54) is 10.8 Å². The second-order valence-electron chi connectivity index (χ2n) is 6.38. The molecule has 2 N–H and O–H groups in total. The molecule has 0 saturated carbocycles. The summed E-state index contributed by atoms with van der Waals surface area (Å²) in [6, 6.07) is 10.2. The standard InChI is InChI=1S/C19H23N3O5S2/c1-12(29-28-2)26-14-10-17(27-15(14)11-23)22-9-8-16(21-19(22)25)20-18(24)13-6-4-3-5-7-13/h3-9,12,14-15,17,23H,10-11H2,1-2H3,(H,20,21,24,25)/t12-,14?,15+,17+/m0/s1. The van der Waals surface area contributed by atoms with Crippen molar-refractivity contribution in [2.75, 3.05) is 18.2 Å². The Labute approximate surface area is 176 Å². The number of ether oxygens (including phenoxy) is 2. The van der Waals surface area contributed by atoms with Crippen molar-refractivity contribution in [3.05, 3.63) is 58.6 Å². The maximum Gasteiger partial charge on any atom is 0.351 e. The molecule has 156 valence electrons. The second kappa shape index (κ2) is 10.3. The number of benzene rings is 1. The molecule has 1 unspecified atom stereocenters. The number of aliphatic hydroxyl groups is 1. The molecule has 1 amide bonds. The summed E-state index contributed by atoms with van der Waals surface area (Å²) < 4.78 is 13.1. The molecular formula is C19H23N3O5S2. The van der Waals surface area contributed by atoms with Gasteiger partial charge < -0.3 is 19.9 Å². The van der Waals surface area contributed by atoms with Crippen LogP contribution in [0.2, 0.25) is 0 Å². The van der Waals surface area contributed by atoms with Crippen LogP contribution in [0.3, 0.4) is 0 Å². The van der Waals surface area contributed by atoms with E-state index >= 15 is 0 Å². The van der Waals surface area contributed by atoms with E-state index in [0.29, 0.717) is 12.0 Å². The number of amides is 1. The van der Waals surface area contributed by atoms with Gasteiger partial charge in [0, 0.05) is 18.2 Å². The zero-order valence-electron chi connectivity index (χ0n) is 16.1. The summed E-state index contributed by atoms with van der Waals surface area (Å²) in [6.07, 6.45) is 2.46. The van der Waals surface area contributed by atoms with Gasteiger partial charge in [0.25, 0.3) is 5.91 Å². The van der Waals surface area contributed by atoms with Crippen molar-refractivity contribution in [3.63, 3.8) is 0 Å². The van der Waals surface area contributed by atoms with Gasteiger partial charge in [-0.2, -0.15) is 4.98 Å². The normalized spacial score (nSPS) is 22.4. The minimum absolute atomic E-state index is 0.0724. The molecule has 0 spiro atoms. The van der Waals surface area contributed by atoms with Crippen molar-refractivity contribution < 1.29 is 19.4 Å². The molecule has 4 atom stereocenters. The molecule has 0 bridgehead atoms. The number of aliphatic hydroxyl groups excluding tert-OH is 1. The Balaban J connectivity index is 1.68. The van der Waals surface area contributed by atoms with Crippen LogP contribution in [0.25, 0.3) is 0 Å². The molecule has 3 rings (SSSR count). The van der Waals surface area contributed by atoms with Crippen molar-refractivity contribution in [3.8, 4) is 0 Å². The Kier molecular flexibility index (Phi) is 7.73. The monoisotopic (exact) mass is 437 g/mol. The minimum Gasteiger partial charge on any atom is -0.394 e. The van der Waals surface area contributed by atoms with E-state index in [1.807, 2.05) is 19.2 Å². The lowest BCUT2D eigenvalue weighted by Gasteiger charge is -2.20. The van der Waals surface area contributed by atoms with Crippen molar-refractivity contribution in [2.45, 2.75) is 37.2 Å². The van der Waals surface area contributed by atoms with Gasteiger partial charge in [0.05, 0.1) is 12.7 Å². The molecule has 1 aliphatic rings. The van der Waals surface area contributed by atoms with Gasteiger partial charge in [-0.25, -0.2) is 4.79 Å². The average Bonchev–Trinajstić information content (AvgIpc) is 3.11. The number of aromatic nitrogens is 2. The highest BCUT2D eigenvalue weighted by molar-refractivity contribution is 8.76. The van der Waals surface area contributed by atoms with Gasteiger partial charge in [-0.3, -0.25) is 9.36 Å². The van der Waals surface area contributed by atoms with Crippen LogP contribution in [0, 0.1) is 0 Å². The van der Waals surface area contributed by atoms with Gasteiger partial charge in [-0.1, -0.05) is 39.8 Å². The zero-order chi connectivity index (χ0) is 20.8. The fourth-order valence-corrected chi connectivity index (χ4v) is 4.47. The molecule has 2 heterocycles. The first-order chi connectivity index (χ1) is 14.0. The van der Waals surface area contributed by atoms with Crippen LogP contribution in [0.15, 0.2) is 47.4 Å². The number of anilines is 1. The average molecular weight is 438 g/mol. The van der Waals surface area contributed by atoms with Crippen LogP contribution in [-0.2, 0) is 9.47 Å². The number of carbonyl (C=O) groups excluding carboxylic acids is 1. The Morgan fingerprint density at radius 1 is 1.41 bits per heavy atom. The first-order valence-corrected chi connectivity index (χ1v) is 11.7. The van der Waals surface area contributed by atoms with Crippen LogP contribution < -0.4 is 11.0 Å². The molecule has 2 aromatic rings. The van der Waals surface area contributed by atoms with Crippen LogP contribution >= 0.6 is 21.6 Å². The first-order valence-electron chi connectivity index (χ1n) is 9.08. The summed E-state index contributed by atoms with van der Waals surface area (Å²) in [6.45, 7) is 1.73. The molecule has 10 heteroatoms. The molecule has 0 aliphatic carbocycles. The lowest BCUT2D eigenvalue weighted by Crippen LogP contribution is -2.30. The van der Waals surface area contributed by atoms with Gasteiger partial charge in [-0.05, 0) is 31.4 Å². The summed E-state index contributed by atoms with van der Waals surface area (Å²) in [4.78, 5) is 28.6. The third-order valence-corrected chi connectivity index (χ3v) is 6.34. The molecule has 1 saturated heterocycles. The lowest BCUT2D eigenvalue weighted by molar-refractivity contribution is -0.0645. The zero-order valence-corrected chi connectivity index (χ0v) is 17.7. The van der Waals surface area contributed by atoms with Gasteiger partial charge in [0.2, 0.25) is 0 Å². The Morgan fingerprint density at radius 3 is 2.83 bits per heavy atom. The maximum absolute atomic E-state index is 12.5. The molecule has 1 fully saturated rings. The van der Waals surface area contributed by atoms with E-state index < -0.39 is 18.0 Å². The number of rotatable bonds is 8. The van der Waals surface area contributed by atoms with Gasteiger partial charge in [0.15, 0.2) is 0 Å². The van der Waals surface area contributed by atoms with E-state index in [0.717, 1.165) is 0 Å². The minimum atomic E-state index is -0.595. The predicted molar refractivity (Wildman–Crippen MR) is 114 cm³/mol. The largest absolute Gasteiger partial charge is 0.394 e. The third-order valence-electron chi connectivity index (χ3n) is 4.38. The number of nitrogens with zero attached hydrogens (tertiary/aromatic N) is 2. The van der Waals surface area contributed by atoms with Crippen molar-refractivity contribution in [2.24, 2.45) is 0 Å². The summed E-state index contributed by atoms with van der Waals surface area (Å²) >= 11 is 0. The number of hydrogen-bond donors (Lipinski definition) is 2. The highest BCUT2D eigenvalue weighted by Crippen LogP contribution is 2.33. The summed E-state index contributed by atoms with van der Waals surface area (Å²) in [7, 11) is 3.17. The smallest absolute Gasteiger partial charge is 0.351 e. The molecule has 1 aromatic heterocycles. The Hall–Kier alpha value is -1.85. The molecule has 0 radical (unpaired) electrons. The van der Waals surface area contributed by atoms with Gasteiger partial charge in [0.1, 0.15) is 23.6 Å². The summed E-state index contributed by atoms with van der Waals surface area (Å²) in [5, 5.41) is 12.2. The first kappa shape index (κ1) is 21.8. The summed E-state index contributed by atoms with van der Waals surface area (Å²) in [5.74, 6) is -0.184. The van der Waals surface area contributed by atoms with E-state index in [-0.39, 0.29) is 29.9 Å². The Morgan fingerprint density at radius 2 is 2.17 bits per heavy atom. The van der Waals surface area contributed by atoms with Crippen LogP contribution in [-0.4, -0.2) is 51.1 Å². The fourth-order valence-electron chi connectivity index (χ4n) is 3.06. The van der Waals surface area contributed by atoms with Crippen LogP contribution in [0.1, 0.15) is 29.9 Å². The number of hydrogen-bond acceptors (Lipinski definition) is 8. The van der Waals surface area contributed by atoms with E-state index in [4.69, 9.17) is 9.47 Å². The molecular weight excluding hydrogens is 414 g/mol. The third kappa shape index (κ3) is 5.61. The topological polar surface area (TPSA) is 103 Å². The number of carbonyl (C=O) groups is 1. The number of nitrogens with one attached hydrogen (secondary N) is 1. The van der Waals surface area contributed by atoms with Gasteiger partial charge >= 0.3 is 5.69 Å². The highest BCUT2D eigenvalue weighted by atomic mass is 33.1. The van der Waals surface area contributed by atoms with Crippen molar-refractivity contribution in [1.82, 2.24) is 9.55 Å². The van der Waals surface area contributed by atoms with Crippen molar-refractivity contribution >= 4 is 33.3 Å². The quantitative estimate of drug-likeness (QED) is 0.480. The summed E-state index contributed by atoms with van der Waals surface area (Å²) in [5.41, 5.74) is -0.151. The van der Waals surface area contributed by atoms with Crippen LogP contribution in [0.5, 0.6) is 0 Å². The van der Waals surface area contributed by atoms with Gasteiger partial charge in [-0.15, -0.1) is 0 Å². The van der Waals surface area contributed by atoms with E-state index in [2.05, 4.69) is 10.3 Å². The molecule has 1 aliphatic heterocycles. The fraction of sp³-hybridized carbons (Fsp3) is 0.421. The molecule has 8 nitrogen and oxygen atoms in total. The molecule has 29 heavy (non-hydrogen) atoms. The second-order valence-corrected chi connectivity index (χ2v) is 9.14. The predicted octanol–water partition coefficient (Wildman–Crippen LogP) is 2.52. The maximum atomic E-state index is 12.5. The van der Waals surface area contributed by atoms with Crippen molar-refractivity contribution in [1.29, 1.82) is 0 Å². The van der Waals surface area contributed by atoms with E-state index in [1.54, 1.807) is 51.9 Å². The Bertz CT molecular complexity index is 880.